The van der Waals surface area contributed by atoms with Gasteiger partial charge < -0.3 is 4.42 Å². The van der Waals surface area contributed by atoms with E-state index in [9.17, 15) is 4.79 Å². The van der Waals surface area contributed by atoms with E-state index in [1.165, 1.54) is 0 Å². The van der Waals surface area contributed by atoms with Crippen molar-refractivity contribution < 1.29 is 9.21 Å². The van der Waals surface area contributed by atoms with Crippen molar-refractivity contribution in [3.63, 3.8) is 0 Å². The second kappa shape index (κ2) is 2.73. The third-order valence-electron chi connectivity index (χ3n) is 2.12. The van der Waals surface area contributed by atoms with Crippen LogP contribution in [-0.2, 0) is 0 Å². The number of carbonyl (C=O) groups excluding carboxylic acids is 1. The molecule has 0 N–H and O–H groups in total. The van der Waals surface area contributed by atoms with Crippen molar-refractivity contribution in [1.29, 1.82) is 0 Å². The number of rotatable bonds is 1. The zero-order valence-electron chi connectivity index (χ0n) is 7.63. The second-order valence-electron chi connectivity index (χ2n) is 3.26. The Morgan fingerprint density at radius 2 is 2.00 bits per heavy atom. The molecule has 2 heteroatoms. The van der Waals surface area contributed by atoms with Crippen LogP contribution >= 0.6 is 0 Å². The maximum absolute atomic E-state index is 10.5. The number of fused-ring (bicyclic) bond motifs is 1. The molecule has 2 rings (SSSR count). The van der Waals surface area contributed by atoms with E-state index in [1.54, 1.807) is 6.07 Å². The lowest BCUT2D eigenvalue weighted by Crippen LogP contribution is -1.76. The smallest absolute Gasteiger partial charge is 0.185 e. The topological polar surface area (TPSA) is 30.2 Å². The first-order valence-electron chi connectivity index (χ1n) is 4.16. The Kier molecular flexibility index (Phi) is 1.69. The highest BCUT2D eigenvalue weighted by Crippen LogP contribution is 2.23. The van der Waals surface area contributed by atoms with Gasteiger partial charge in [0.25, 0.3) is 0 Å². The molecule has 1 aromatic carbocycles. The fraction of sp³-hybridized carbons (Fsp3) is 0.182. The van der Waals surface area contributed by atoms with Gasteiger partial charge in [0.05, 0.1) is 0 Å². The molecule has 1 aromatic heterocycles. The van der Waals surface area contributed by atoms with E-state index >= 15 is 0 Å². The summed E-state index contributed by atoms with van der Waals surface area (Å²) in [5.41, 5.74) is 3.09. The van der Waals surface area contributed by atoms with Crippen LogP contribution < -0.4 is 0 Å². The highest BCUT2D eigenvalue weighted by atomic mass is 16.3. The van der Waals surface area contributed by atoms with E-state index in [1.807, 2.05) is 19.9 Å². The van der Waals surface area contributed by atoms with Gasteiger partial charge in [-0.3, -0.25) is 4.79 Å². The molecule has 0 aliphatic rings. The number of hydrogen-bond donors (Lipinski definition) is 0. The Hall–Kier alpha value is -1.57. The molecule has 0 unspecified atom stereocenters. The van der Waals surface area contributed by atoms with Gasteiger partial charge in [0, 0.05) is 5.39 Å². The zero-order chi connectivity index (χ0) is 9.42. The number of benzene rings is 1. The highest BCUT2D eigenvalue weighted by Gasteiger charge is 2.05. The molecular weight excluding hydrogens is 164 g/mol. The van der Waals surface area contributed by atoms with Crippen LogP contribution in [0.5, 0.6) is 0 Å². The van der Waals surface area contributed by atoms with E-state index in [2.05, 4.69) is 6.07 Å². The molecule has 0 saturated carbocycles. The van der Waals surface area contributed by atoms with Gasteiger partial charge in [0.1, 0.15) is 5.58 Å². The lowest BCUT2D eigenvalue weighted by Gasteiger charge is -1.96. The SMILES string of the molecule is Cc1cc(C)c2cc(C=O)oc2c1. The molecule has 13 heavy (non-hydrogen) atoms. The molecule has 2 aromatic rings. The molecule has 0 aliphatic carbocycles. The average Bonchev–Trinajstić information content (AvgIpc) is 2.47. The Bertz CT molecular complexity index is 466. The first kappa shape index (κ1) is 8.05. The Morgan fingerprint density at radius 1 is 1.23 bits per heavy atom. The van der Waals surface area contributed by atoms with Crippen LogP contribution in [0.4, 0.5) is 0 Å². The Balaban J connectivity index is 2.82. The molecule has 0 bridgehead atoms. The van der Waals surface area contributed by atoms with E-state index in [4.69, 9.17) is 4.42 Å². The Labute approximate surface area is 76.2 Å². The van der Waals surface area contributed by atoms with Crippen LogP contribution in [0, 0.1) is 13.8 Å². The summed E-state index contributed by atoms with van der Waals surface area (Å²) in [6, 6.07) is 5.79. The van der Waals surface area contributed by atoms with Crippen LogP contribution in [0.3, 0.4) is 0 Å². The van der Waals surface area contributed by atoms with E-state index in [0.29, 0.717) is 5.76 Å². The van der Waals surface area contributed by atoms with E-state index in [0.717, 1.165) is 28.4 Å². The van der Waals surface area contributed by atoms with Gasteiger partial charge in [0.2, 0.25) is 0 Å². The van der Waals surface area contributed by atoms with Crippen molar-refractivity contribution >= 4 is 17.3 Å². The summed E-state index contributed by atoms with van der Waals surface area (Å²) in [6.07, 6.45) is 0.731. The molecule has 0 fully saturated rings. The summed E-state index contributed by atoms with van der Waals surface area (Å²) in [6.45, 7) is 4.02. The van der Waals surface area contributed by atoms with Crippen molar-refractivity contribution in [2.45, 2.75) is 13.8 Å². The van der Waals surface area contributed by atoms with Crippen LogP contribution in [0.2, 0.25) is 0 Å². The average molecular weight is 174 g/mol. The Morgan fingerprint density at radius 3 is 2.69 bits per heavy atom. The van der Waals surface area contributed by atoms with Crippen molar-refractivity contribution in [3.05, 3.63) is 35.1 Å². The highest BCUT2D eigenvalue weighted by molar-refractivity contribution is 5.87. The molecule has 0 radical (unpaired) electrons. The summed E-state index contributed by atoms with van der Waals surface area (Å²) in [7, 11) is 0. The number of hydrogen-bond acceptors (Lipinski definition) is 2. The second-order valence-corrected chi connectivity index (χ2v) is 3.26. The maximum Gasteiger partial charge on any atom is 0.185 e. The van der Waals surface area contributed by atoms with Crippen LogP contribution in [0.15, 0.2) is 22.6 Å². The molecule has 0 amide bonds. The van der Waals surface area contributed by atoms with Crippen LogP contribution in [-0.4, -0.2) is 6.29 Å². The molecule has 1 heterocycles. The summed E-state index contributed by atoms with van der Waals surface area (Å²) in [4.78, 5) is 10.5. The lowest BCUT2D eigenvalue weighted by atomic mass is 10.1. The van der Waals surface area contributed by atoms with E-state index in [-0.39, 0.29) is 0 Å². The van der Waals surface area contributed by atoms with Crippen molar-refractivity contribution in [2.75, 3.05) is 0 Å². The minimum atomic E-state index is 0.392. The van der Waals surface area contributed by atoms with Gasteiger partial charge in [-0.15, -0.1) is 0 Å². The summed E-state index contributed by atoms with van der Waals surface area (Å²) in [5.74, 6) is 0.392. The monoisotopic (exact) mass is 174 g/mol. The zero-order valence-corrected chi connectivity index (χ0v) is 7.63. The number of aldehydes is 1. The minimum Gasteiger partial charge on any atom is -0.453 e. The molecule has 0 aliphatic heterocycles. The van der Waals surface area contributed by atoms with Gasteiger partial charge in [-0.2, -0.15) is 0 Å². The fourth-order valence-electron chi connectivity index (χ4n) is 1.57. The molecule has 66 valence electrons. The maximum atomic E-state index is 10.5. The van der Waals surface area contributed by atoms with Gasteiger partial charge in [-0.05, 0) is 37.1 Å². The van der Waals surface area contributed by atoms with Gasteiger partial charge in [-0.25, -0.2) is 0 Å². The number of aryl methyl sites for hydroxylation is 2. The van der Waals surface area contributed by atoms with Crippen molar-refractivity contribution in [3.8, 4) is 0 Å². The largest absolute Gasteiger partial charge is 0.453 e. The predicted octanol–water partition coefficient (Wildman–Crippen LogP) is 2.86. The third kappa shape index (κ3) is 1.24. The summed E-state index contributed by atoms with van der Waals surface area (Å²) >= 11 is 0. The molecule has 0 saturated heterocycles. The number of furan rings is 1. The van der Waals surface area contributed by atoms with Crippen LogP contribution in [0.25, 0.3) is 11.0 Å². The van der Waals surface area contributed by atoms with Gasteiger partial charge in [-0.1, -0.05) is 6.07 Å². The number of carbonyl (C=O) groups is 1. The van der Waals surface area contributed by atoms with E-state index < -0.39 is 0 Å². The molecule has 2 nitrogen and oxygen atoms in total. The third-order valence-corrected chi connectivity index (χ3v) is 2.12. The van der Waals surface area contributed by atoms with Crippen molar-refractivity contribution in [1.82, 2.24) is 0 Å². The van der Waals surface area contributed by atoms with Gasteiger partial charge in [0.15, 0.2) is 12.0 Å². The summed E-state index contributed by atoms with van der Waals surface area (Å²) in [5, 5.41) is 1.02. The normalized spacial score (nSPS) is 10.6. The molecule has 0 atom stereocenters. The summed E-state index contributed by atoms with van der Waals surface area (Å²) < 4.78 is 5.31. The molecular formula is C11H10O2. The lowest BCUT2D eigenvalue weighted by molar-refractivity contribution is 0.110. The fourth-order valence-corrected chi connectivity index (χ4v) is 1.57. The standard InChI is InChI=1S/C11H10O2/c1-7-3-8(2)10-5-9(6-12)13-11(10)4-7/h3-6H,1-2H3. The quantitative estimate of drug-likeness (QED) is 0.622. The minimum absolute atomic E-state index is 0.392. The first-order chi connectivity index (χ1) is 6.20. The van der Waals surface area contributed by atoms with Crippen molar-refractivity contribution in [2.24, 2.45) is 0 Å². The van der Waals surface area contributed by atoms with Gasteiger partial charge >= 0.3 is 0 Å². The first-order valence-corrected chi connectivity index (χ1v) is 4.16. The molecule has 0 spiro atoms. The predicted molar refractivity (Wildman–Crippen MR) is 51.1 cm³/mol. The van der Waals surface area contributed by atoms with Crippen LogP contribution in [0.1, 0.15) is 21.7 Å².